The molecule has 13 heteroatoms. The molecule has 1 aliphatic heterocycles. The SMILES string of the molecule is CCCC1C(=O)N(CS(=O)(=O)N[C@@H](COCc2ccccc2)C(=O)OC)S(=O)(=O)N1C. The molecule has 1 fully saturated rings. The van der Waals surface area contributed by atoms with E-state index in [2.05, 4.69) is 9.46 Å². The molecule has 0 aliphatic carbocycles. The van der Waals surface area contributed by atoms with E-state index in [1.165, 1.54) is 7.05 Å². The number of hydrogen-bond acceptors (Lipinski definition) is 8. The molecule has 0 aromatic heterocycles. The van der Waals surface area contributed by atoms with Crippen molar-refractivity contribution in [1.29, 1.82) is 0 Å². The van der Waals surface area contributed by atoms with Crippen LogP contribution in [0.3, 0.4) is 0 Å². The van der Waals surface area contributed by atoms with Crippen molar-refractivity contribution < 1.29 is 35.9 Å². The van der Waals surface area contributed by atoms with Crippen LogP contribution in [0.25, 0.3) is 0 Å². The second kappa shape index (κ2) is 10.5. The van der Waals surface area contributed by atoms with Crippen molar-refractivity contribution in [1.82, 2.24) is 13.3 Å². The van der Waals surface area contributed by atoms with Gasteiger partial charge in [0, 0.05) is 7.05 Å². The molecular formula is C18H27N3O8S2. The Bertz CT molecular complexity index is 982. The van der Waals surface area contributed by atoms with Crippen molar-refractivity contribution >= 4 is 32.1 Å². The van der Waals surface area contributed by atoms with E-state index in [0.29, 0.717) is 10.7 Å². The summed E-state index contributed by atoms with van der Waals surface area (Å²) in [5.41, 5.74) is 0.813. The fourth-order valence-electron chi connectivity index (χ4n) is 3.03. The number of sulfonamides is 1. The number of likely N-dealkylation sites (N-methyl/N-ethyl adjacent to an activating group) is 1. The molecule has 1 amide bonds. The van der Waals surface area contributed by atoms with Crippen LogP contribution in [0.1, 0.15) is 25.3 Å². The lowest BCUT2D eigenvalue weighted by Crippen LogP contribution is -2.49. The van der Waals surface area contributed by atoms with Gasteiger partial charge < -0.3 is 9.47 Å². The Morgan fingerprint density at radius 1 is 1.26 bits per heavy atom. The van der Waals surface area contributed by atoms with E-state index in [9.17, 15) is 26.4 Å². The molecule has 0 bridgehead atoms. The van der Waals surface area contributed by atoms with Gasteiger partial charge in [0.2, 0.25) is 10.0 Å². The van der Waals surface area contributed by atoms with Crippen molar-refractivity contribution in [3.63, 3.8) is 0 Å². The van der Waals surface area contributed by atoms with Crippen LogP contribution in [-0.4, -0.2) is 76.0 Å². The first-order chi connectivity index (χ1) is 14.5. The summed E-state index contributed by atoms with van der Waals surface area (Å²) in [6, 6.07) is 6.64. The van der Waals surface area contributed by atoms with Crippen molar-refractivity contribution in [2.75, 3.05) is 26.6 Å². The zero-order valence-corrected chi connectivity index (χ0v) is 19.2. The number of benzene rings is 1. The minimum absolute atomic E-state index is 0.124. The molecule has 1 saturated heterocycles. The van der Waals surface area contributed by atoms with Gasteiger partial charge >= 0.3 is 16.2 Å². The summed E-state index contributed by atoms with van der Waals surface area (Å²) < 4.78 is 63.4. The molecule has 1 heterocycles. The summed E-state index contributed by atoms with van der Waals surface area (Å²) in [6.07, 6.45) is 0.801. The molecule has 1 aromatic rings. The Hall–Kier alpha value is -2.06. The van der Waals surface area contributed by atoms with Crippen LogP contribution in [-0.2, 0) is 45.9 Å². The average molecular weight is 478 g/mol. The first kappa shape index (κ1) is 25.2. The number of nitrogens with zero attached hydrogens (tertiary/aromatic N) is 2. The minimum Gasteiger partial charge on any atom is -0.468 e. The lowest BCUT2D eigenvalue weighted by Gasteiger charge is -2.20. The Morgan fingerprint density at radius 2 is 1.90 bits per heavy atom. The molecule has 1 unspecified atom stereocenters. The summed E-state index contributed by atoms with van der Waals surface area (Å²) in [7, 11) is -6.39. The van der Waals surface area contributed by atoms with Gasteiger partial charge in [-0.15, -0.1) is 0 Å². The fourth-order valence-corrected chi connectivity index (χ4v) is 6.26. The van der Waals surface area contributed by atoms with Crippen molar-refractivity contribution in [3.8, 4) is 0 Å². The number of esters is 1. The van der Waals surface area contributed by atoms with Gasteiger partial charge in [-0.1, -0.05) is 43.7 Å². The van der Waals surface area contributed by atoms with Gasteiger partial charge in [0.05, 0.1) is 20.3 Å². The summed E-state index contributed by atoms with van der Waals surface area (Å²) in [5.74, 6) is -2.89. The van der Waals surface area contributed by atoms with Gasteiger partial charge in [-0.05, 0) is 12.0 Å². The second-order valence-electron chi connectivity index (χ2n) is 6.95. The van der Waals surface area contributed by atoms with Crippen LogP contribution in [0, 0.1) is 0 Å². The highest BCUT2D eigenvalue weighted by atomic mass is 32.2. The van der Waals surface area contributed by atoms with E-state index in [0.717, 1.165) is 17.0 Å². The van der Waals surface area contributed by atoms with Crippen molar-refractivity contribution in [2.24, 2.45) is 0 Å². The predicted molar refractivity (Wildman–Crippen MR) is 111 cm³/mol. The molecule has 11 nitrogen and oxygen atoms in total. The van der Waals surface area contributed by atoms with Crippen LogP contribution >= 0.6 is 0 Å². The average Bonchev–Trinajstić information content (AvgIpc) is 2.88. The van der Waals surface area contributed by atoms with Gasteiger partial charge in [0.15, 0.2) is 5.88 Å². The number of nitrogens with one attached hydrogen (secondary N) is 1. The van der Waals surface area contributed by atoms with Gasteiger partial charge in [-0.25, -0.2) is 12.7 Å². The smallest absolute Gasteiger partial charge is 0.326 e. The molecule has 31 heavy (non-hydrogen) atoms. The molecular weight excluding hydrogens is 450 g/mol. The van der Waals surface area contributed by atoms with Gasteiger partial charge in [-0.2, -0.15) is 17.4 Å². The molecule has 1 N–H and O–H groups in total. The lowest BCUT2D eigenvalue weighted by atomic mass is 10.1. The van der Waals surface area contributed by atoms with E-state index >= 15 is 0 Å². The Labute approximate surface area is 182 Å². The zero-order chi connectivity index (χ0) is 23.2. The van der Waals surface area contributed by atoms with Crippen LogP contribution in [0.5, 0.6) is 0 Å². The number of methoxy groups -OCH3 is 1. The lowest BCUT2D eigenvalue weighted by molar-refractivity contribution is -0.144. The quantitative estimate of drug-likeness (QED) is 0.433. The highest BCUT2D eigenvalue weighted by Crippen LogP contribution is 2.25. The van der Waals surface area contributed by atoms with Crippen LogP contribution in [0.15, 0.2) is 30.3 Å². The van der Waals surface area contributed by atoms with Crippen LogP contribution in [0.4, 0.5) is 0 Å². The number of ether oxygens (including phenoxy) is 2. The third kappa shape index (κ3) is 6.23. The summed E-state index contributed by atoms with van der Waals surface area (Å²) in [5, 5.41) is 0. The van der Waals surface area contributed by atoms with E-state index in [-0.39, 0.29) is 19.6 Å². The number of carbonyl (C=O) groups is 2. The molecule has 1 aromatic carbocycles. The number of rotatable bonds is 11. The molecule has 2 atom stereocenters. The Morgan fingerprint density at radius 3 is 2.48 bits per heavy atom. The number of carbonyl (C=O) groups excluding carboxylic acids is 2. The third-order valence-electron chi connectivity index (χ3n) is 4.67. The van der Waals surface area contributed by atoms with Crippen LogP contribution in [0.2, 0.25) is 0 Å². The summed E-state index contributed by atoms with van der Waals surface area (Å²) in [6.45, 7) is 1.56. The van der Waals surface area contributed by atoms with Crippen molar-refractivity contribution in [2.45, 2.75) is 38.5 Å². The van der Waals surface area contributed by atoms with E-state index in [4.69, 9.17) is 4.74 Å². The standard InChI is InChI=1S/C18H27N3O8S2/c1-4-8-16-17(22)21(31(26,27)20(16)2)13-30(24,25)19-15(18(23)28-3)12-29-11-14-9-6-5-7-10-14/h5-7,9-10,15-16,19H,4,8,11-13H2,1-3H3/t15-,16?/m0/s1. The monoisotopic (exact) mass is 477 g/mol. The molecule has 2 rings (SSSR count). The molecule has 174 valence electrons. The molecule has 0 spiro atoms. The summed E-state index contributed by atoms with van der Waals surface area (Å²) >= 11 is 0. The van der Waals surface area contributed by atoms with Gasteiger partial charge in [0.1, 0.15) is 12.1 Å². The molecule has 0 radical (unpaired) electrons. The summed E-state index contributed by atoms with van der Waals surface area (Å²) in [4.78, 5) is 24.5. The maximum Gasteiger partial charge on any atom is 0.326 e. The highest BCUT2D eigenvalue weighted by molar-refractivity contribution is 7.92. The van der Waals surface area contributed by atoms with Gasteiger partial charge in [-0.3, -0.25) is 9.59 Å². The maximum absolute atomic E-state index is 12.6. The van der Waals surface area contributed by atoms with E-state index in [1.807, 2.05) is 6.07 Å². The van der Waals surface area contributed by atoms with Crippen LogP contribution < -0.4 is 4.72 Å². The first-order valence-corrected chi connectivity index (χ1v) is 12.6. The number of hydrogen-bond donors (Lipinski definition) is 1. The van der Waals surface area contributed by atoms with E-state index < -0.39 is 50.1 Å². The molecule has 1 aliphatic rings. The Balaban J connectivity index is 2.09. The second-order valence-corrected chi connectivity index (χ2v) is 10.6. The number of amides is 1. The topological polar surface area (TPSA) is 139 Å². The highest BCUT2D eigenvalue weighted by Gasteiger charge is 2.49. The fraction of sp³-hybridized carbons (Fsp3) is 0.556. The normalized spacial score (nSPS) is 20.0. The zero-order valence-electron chi connectivity index (χ0n) is 17.6. The Kier molecular flexibility index (Phi) is 8.54. The molecule has 0 saturated carbocycles. The van der Waals surface area contributed by atoms with Crippen molar-refractivity contribution in [3.05, 3.63) is 35.9 Å². The van der Waals surface area contributed by atoms with Gasteiger partial charge in [0.25, 0.3) is 5.91 Å². The van der Waals surface area contributed by atoms with E-state index in [1.54, 1.807) is 31.2 Å². The third-order valence-corrected chi connectivity index (χ3v) is 7.92. The minimum atomic E-state index is -4.41. The maximum atomic E-state index is 12.6. The predicted octanol–water partition coefficient (Wildman–Crippen LogP) is -0.191. The largest absolute Gasteiger partial charge is 0.468 e. The first-order valence-electron chi connectivity index (χ1n) is 9.52.